The molecule has 2 atom stereocenters. The molecule has 0 aromatic heterocycles. The van der Waals surface area contributed by atoms with Crippen molar-refractivity contribution in [3.8, 4) is 5.75 Å². The van der Waals surface area contributed by atoms with Crippen molar-refractivity contribution in [2.24, 2.45) is 0 Å². The molecule has 118 valence electrons. The predicted octanol–water partition coefficient (Wildman–Crippen LogP) is 1.22. The molecule has 6 heteroatoms. The van der Waals surface area contributed by atoms with Crippen molar-refractivity contribution in [3.05, 3.63) is 18.2 Å². The number of nitrogens with one attached hydrogen (secondary N) is 1. The fraction of sp³-hybridized carbons (Fsp3) is 0.533. The van der Waals surface area contributed by atoms with E-state index in [2.05, 4.69) is 5.32 Å². The molecule has 0 saturated carbocycles. The van der Waals surface area contributed by atoms with E-state index in [4.69, 9.17) is 4.74 Å². The molecule has 3 N–H and O–H groups in total. The lowest BCUT2D eigenvalue weighted by molar-refractivity contribution is -0.114. The van der Waals surface area contributed by atoms with Crippen molar-refractivity contribution in [2.45, 2.75) is 33.0 Å². The van der Waals surface area contributed by atoms with E-state index in [9.17, 15) is 15.0 Å². The second-order valence-electron chi connectivity index (χ2n) is 5.17. The third kappa shape index (κ3) is 5.61. The summed E-state index contributed by atoms with van der Waals surface area (Å²) in [4.78, 5) is 13.0. The van der Waals surface area contributed by atoms with Crippen LogP contribution >= 0.6 is 0 Å². The van der Waals surface area contributed by atoms with E-state index < -0.39 is 12.2 Å². The lowest BCUT2D eigenvalue weighted by Gasteiger charge is -2.29. The van der Waals surface area contributed by atoms with Crippen molar-refractivity contribution in [3.63, 3.8) is 0 Å². The Balaban J connectivity index is 3.15. The molecule has 0 aliphatic heterocycles. The van der Waals surface area contributed by atoms with Crippen LogP contribution in [0.25, 0.3) is 0 Å². The Morgan fingerprint density at radius 2 is 1.86 bits per heavy atom. The first-order valence-corrected chi connectivity index (χ1v) is 6.90. The molecule has 1 aromatic rings. The molecule has 0 heterocycles. The Morgan fingerprint density at radius 1 is 1.29 bits per heavy atom. The van der Waals surface area contributed by atoms with E-state index in [1.54, 1.807) is 39.2 Å². The molecular formula is C15H24N2O4. The van der Waals surface area contributed by atoms with Crippen molar-refractivity contribution in [1.82, 2.24) is 0 Å². The second-order valence-corrected chi connectivity index (χ2v) is 5.17. The number of hydrogen-bond acceptors (Lipinski definition) is 5. The van der Waals surface area contributed by atoms with Gasteiger partial charge in [-0.05, 0) is 32.0 Å². The van der Waals surface area contributed by atoms with Gasteiger partial charge < -0.3 is 25.2 Å². The van der Waals surface area contributed by atoms with Crippen LogP contribution in [-0.2, 0) is 4.79 Å². The SMILES string of the molecule is COc1ccc(NC(C)=O)cc1N(CC(C)O)CC(C)O. The lowest BCUT2D eigenvalue weighted by atomic mass is 10.2. The topological polar surface area (TPSA) is 82.0 Å². The third-order valence-corrected chi connectivity index (χ3v) is 2.81. The zero-order valence-corrected chi connectivity index (χ0v) is 13.0. The Bertz CT molecular complexity index is 465. The monoisotopic (exact) mass is 296 g/mol. The highest BCUT2D eigenvalue weighted by molar-refractivity contribution is 5.89. The average Bonchev–Trinajstić information content (AvgIpc) is 2.36. The zero-order chi connectivity index (χ0) is 16.0. The molecule has 0 aliphatic rings. The highest BCUT2D eigenvalue weighted by atomic mass is 16.5. The van der Waals surface area contributed by atoms with Gasteiger partial charge in [0.25, 0.3) is 0 Å². The number of aliphatic hydroxyl groups is 2. The number of rotatable bonds is 7. The Labute approximate surface area is 125 Å². The highest BCUT2D eigenvalue weighted by Gasteiger charge is 2.17. The molecule has 21 heavy (non-hydrogen) atoms. The standard InChI is InChI=1S/C15H24N2O4/c1-10(18)8-17(9-11(2)19)14-7-13(16-12(3)20)5-6-15(14)21-4/h5-7,10-11,18-19H,8-9H2,1-4H3,(H,16,20). The molecule has 1 amide bonds. The molecule has 0 spiro atoms. The van der Waals surface area contributed by atoms with Crippen molar-refractivity contribution < 1.29 is 19.7 Å². The van der Waals surface area contributed by atoms with Crippen molar-refractivity contribution in [2.75, 3.05) is 30.4 Å². The molecule has 1 rings (SSSR count). The summed E-state index contributed by atoms with van der Waals surface area (Å²) in [6.07, 6.45) is -1.12. The van der Waals surface area contributed by atoms with Gasteiger partial charge in [0, 0.05) is 25.7 Å². The zero-order valence-electron chi connectivity index (χ0n) is 13.0. The molecule has 6 nitrogen and oxygen atoms in total. The van der Waals surface area contributed by atoms with Gasteiger partial charge in [0.1, 0.15) is 5.75 Å². The number of hydrogen-bond donors (Lipinski definition) is 3. The maximum absolute atomic E-state index is 11.2. The van der Waals surface area contributed by atoms with Crippen LogP contribution < -0.4 is 15.0 Å². The van der Waals surface area contributed by atoms with E-state index in [0.29, 0.717) is 30.2 Å². The largest absolute Gasteiger partial charge is 0.495 e. The Kier molecular flexibility index (Phi) is 6.45. The van der Waals surface area contributed by atoms with Crippen LogP contribution in [0, 0.1) is 0 Å². The van der Waals surface area contributed by atoms with Crippen LogP contribution in [0.2, 0.25) is 0 Å². The smallest absolute Gasteiger partial charge is 0.221 e. The maximum atomic E-state index is 11.2. The number of anilines is 2. The molecular weight excluding hydrogens is 272 g/mol. The summed E-state index contributed by atoms with van der Waals surface area (Å²) in [5, 5.41) is 22.0. The highest BCUT2D eigenvalue weighted by Crippen LogP contribution is 2.31. The van der Waals surface area contributed by atoms with E-state index >= 15 is 0 Å². The molecule has 0 fully saturated rings. The number of benzene rings is 1. The third-order valence-electron chi connectivity index (χ3n) is 2.81. The number of amides is 1. The van der Waals surface area contributed by atoms with Crippen LogP contribution in [0.3, 0.4) is 0 Å². The first kappa shape index (κ1) is 17.3. The minimum Gasteiger partial charge on any atom is -0.495 e. The second kappa shape index (κ2) is 7.85. The van der Waals surface area contributed by atoms with E-state index in [1.807, 2.05) is 4.90 Å². The molecule has 0 bridgehead atoms. The molecule has 0 radical (unpaired) electrons. The van der Waals surface area contributed by atoms with Gasteiger partial charge in [-0.1, -0.05) is 0 Å². The van der Waals surface area contributed by atoms with E-state index in [1.165, 1.54) is 6.92 Å². The Morgan fingerprint density at radius 3 is 2.29 bits per heavy atom. The van der Waals surface area contributed by atoms with Crippen LogP contribution in [-0.4, -0.2) is 48.5 Å². The van der Waals surface area contributed by atoms with Crippen LogP contribution in [0.4, 0.5) is 11.4 Å². The Hall–Kier alpha value is -1.79. The van der Waals surface area contributed by atoms with Gasteiger partial charge in [-0.25, -0.2) is 0 Å². The number of methoxy groups -OCH3 is 1. The first-order valence-electron chi connectivity index (χ1n) is 6.90. The van der Waals surface area contributed by atoms with Crippen molar-refractivity contribution in [1.29, 1.82) is 0 Å². The van der Waals surface area contributed by atoms with Gasteiger partial charge in [-0.3, -0.25) is 4.79 Å². The van der Waals surface area contributed by atoms with Gasteiger partial charge in [-0.15, -0.1) is 0 Å². The summed E-state index contributed by atoms with van der Waals surface area (Å²) in [7, 11) is 1.56. The molecule has 0 aliphatic carbocycles. The number of carbonyl (C=O) groups is 1. The van der Waals surface area contributed by atoms with Gasteiger partial charge in [0.05, 0.1) is 25.0 Å². The summed E-state index contributed by atoms with van der Waals surface area (Å²) >= 11 is 0. The van der Waals surface area contributed by atoms with Gasteiger partial charge in [0.2, 0.25) is 5.91 Å². The molecule has 1 aromatic carbocycles. The quantitative estimate of drug-likeness (QED) is 0.705. The predicted molar refractivity (Wildman–Crippen MR) is 82.9 cm³/mol. The van der Waals surface area contributed by atoms with Gasteiger partial charge in [-0.2, -0.15) is 0 Å². The molecule has 0 saturated heterocycles. The van der Waals surface area contributed by atoms with E-state index in [0.717, 1.165) is 0 Å². The summed E-state index contributed by atoms with van der Waals surface area (Å²) in [6.45, 7) is 5.50. The normalized spacial score (nSPS) is 13.4. The van der Waals surface area contributed by atoms with Gasteiger partial charge >= 0.3 is 0 Å². The van der Waals surface area contributed by atoms with Crippen LogP contribution in [0.15, 0.2) is 18.2 Å². The summed E-state index contributed by atoms with van der Waals surface area (Å²) < 4.78 is 5.33. The summed E-state index contributed by atoms with van der Waals surface area (Å²) in [5.41, 5.74) is 1.35. The number of carbonyl (C=O) groups excluding carboxylic acids is 1. The average molecular weight is 296 g/mol. The number of aliphatic hydroxyl groups excluding tert-OH is 2. The minimum absolute atomic E-state index is 0.163. The summed E-state index contributed by atoms with van der Waals surface area (Å²) in [6, 6.07) is 5.26. The van der Waals surface area contributed by atoms with Gasteiger partial charge in [0.15, 0.2) is 0 Å². The van der Waals surface area contributed by atoms with Crippen LogP contribution in [0.5, 0.6) is 5.75 Å². The number of nitrogens with zero attached hydrogens (tertiary/aromatic N) is 1. The number of ether oxygens (including phenoxy) is 1. The maximum Gasteiger partial charge on any atom is 0.221 e. The van der Waals surface area contributed by atoms with E-state index in [-0.39, 0.29) is 5.91 Å². The fourth-order valence-electron chi connectivity index (χ4n) is 2.13. The fourth-order valence-corrected chi connectivity index (χ4v) is 2.13. The van der Waals surface area contributed by atoms with Crippen molar-refractivity contribution >= 4 is 17.3 Å². The summed E-state index contributed by atoms with van der Waals surface area (Å²) in [5.74, 6) is 0.453. The lowest BCUT2D eigenvalue weighted by Crippen LogP contribution is -2.36. The minimum atomic E-state index is -0.558. The van der Waals surface area contributed by atoms with Crippen LogP contribution in [0.1, 0.15) is 20.8 Å². The first-order chi connectivity index (χ1) is 9.83. The molecule has 2 unspecified atom stereocenters.